The molecular formula is C14H26N4S. The third-order valence-corrected chi connectivity index (χ3v) is 5.18. The first kappa shape index (κ1) is 14.8. The lowest BCUT2D eigenvalue weighted by Gasteiger charge is -2.45. The summed E-state index contributed by atoms with van der Waals surface area (Å²) in [4.78, 5) is 11.1. The molecule has 0 saturated carbocycles. The molecule has 1 saturated heterocycles. The molecule has 1 N–H and O–H groups in total. The Hall–Kier alpha value is -0.650. The van der Waals surface area contributed by atoms with Gasteiger partial charge in [-0.1, -0.05) is 6.92 Å². The van der Waals surface area contributed by atoms with Crippen LogP contribution in [0.4, 0.5) is 5.13 Å². The summed E-state index contributed by atoms with van der Waals surface area (Å²) in [6.45, 7) is 11.0. The Morgan fingerprint density at radius 1 is 1.37 bits per heavy atom. The van der Waals surface area contributed by atoms with Crippen molar-refractivity contribution in [2.45, 2.75) is 39.3 Å². The summed E-state index contributed by atoms with van der Waals surface area (Å²) < 4.78 is 0. The van der Waals surface area contributed by atoms with E-state index in [-0.39, 0.29) is 5.54 Å². The molecule has 0 spiro atoms. The Morgan fingerprint density at radius 3 is 2.68 bits per heavy atom. The molecule has 4 nitrogen and oxygen atoms in total. The molecule has 2 rings (SSSR count). The first-order valence-electron chi connectivity index (χ1n) is 7.07. The highest BCUT2D eigenvalue weighted by molar-refractivity contribution is 7.15. The van der Waals surface area contributed by atoms with Gasteiger partial charge in [-0.05, 0) is 34.4 Å². The highest BCUT2D eigenvalue weighted by Gasteiger charge is 2.32. The quantitative estimate of drug-likeness (QED) is 0.915. The van der Waals surface area contributed by atoms with Crippen LogP contribution in [-0.2, 0) is 13.0 Å². The van der Waals surface area contributed by atoms with E-state index in [0.717, 1.165) is 32.6 Å². The van der Waals surface area contributed by atoms with Gasteiger partial charge in [-0.3, -0.25) is 4.90 Å². The number of piperazine rings is 1. The van der Waals surface area contributed by atoms with Crippen molar-refractivity contribution in [1.29, 1.82) is 0 Å². The van der Waals surface area contributed by atoms with Gasteiger partial charge in [0.05, 0.1) is 5.69 Å². The second-order valence-corrected chi connectivity index (χ2v) is 6.97. The largest absolute Gasteiger partial charge is 0.345 e. The van der Waals surface area contributed by atoms with Crippen LogP contribution in [0.1, 0.15) is 31.3 Å². The molecule has 0 atom stereocenters. The third kappa shape index (κ3) is 3.09. The number of aryl methyl sites for hydroxylation is 1. The molecular weight excluding hydrogens is 256 g/mol. The zero-order valence-electron chi connectivity index (χ0n) is 12.8. The van der Waals surface area contributed by atoms with E-state index < -0.39 is 0 Å². The first-order valence-corrected chi connectivity index (χ1v) is 7.89. The van der Waals surface area contributed by atoms with Crippen LogP contribution >= 0.6 is 11.3 Å². The third-order valence-electron chi connectivity index (χ3n) is 4.03. The molecule has 19 heavy (non-hydrogen) atoms. The number of thiazole rings is 1. The smallest absolute Gasteiger partial charge is 0.185 e. The maximum atomic E-state index is 4.85. The maximum Gasteiger partial charge on any atom is 0.185 e. The number of nitrogens with one attached hydrogen (secondary N) is 1. The summed E-state index contributed by atoms with van der Waals surface area (Å²) in [5.41, 5.74) is 1.48. The monoisotopic (exact) mass is 282 g/mol. The maximum absolute atomic E-state index is 4.85. The van der Waals surface area contributed by atoms with Crippen molar-refractivity contribution < 1.29 is 0 Å². The Labute approximate surface area is 120 Å². The molecule has 1 aromatic heterocycles. The van der Waals surface area contributed by atoms with Gasteiger partial charge >= 0.3 is 0 Å². The van der Waals surface area contributed by atoms with E-state index in [2.05, 4.69) is 42.9 Å². The van der Waals surface area contributed by atoms with Crippen LogP contribution in [0, 0.1) is 0 Å². The molecule has 0 aliphatic carbocycles. The van der Waals surface area contributed by atoms with E-state index in [1.165, 1.54) is 15.7 Å². The lowest BCUT2D eigenvalue weighted by Crippen LogP contribution is -2.57. The minimum absolute atomic E-state index is 0.222. The fourth-order valence-electron chi connectivity index (χ4n) is 2.48. The van der Waals surface area contributed by atoms with Gasteiger partial charge in [-0.15, -0.1) is 11.3 Å². The van der Waals surface area contributed by atoms with Crippen LogP contribution < -0.4 is 10.2 Å². The fraction of sp³-hybridized carbons (Fsp3) is 0.786. The standard InChI is InChI=1S/C14H26N4S/c1-6-11-12(9-15-4)19-13(16-11)18-8-7-17(5)14(2,3)10-18/h15H,6-10H2,1-5H3. The van der Waals surface area contributed by atoms with Crippen molar-refractivity contribution in [1.82, 2.24) is 15.2 Å². The average molecular weight is 282 g/mol. The highest BCUT2D eigenvalue weighted by Crippen LogP contribution is 2.30. The fourth-order valence-corrected chi connectivity index (χ4v) is 3.67. The minimum atomic E-state index is 0.222. The Bertz CT molecular complexity index is 427. The van der Waals surface area contributed by atoms with Crippen LogP contribution in [0.3, 0.4) is 0 Å². The number of hydrogen-bond donors (Lipinski definition) is 1. The van der Waals surface area contributed by atoms with E-state index in [1.54, 1.807) is 0 Å². The Kier molecular flexibility index (Phi) is 4.48. The van der Waals surface area contributed by atoms with E-state index >= 15 is 0 Å². The topological polar surface area (TPSA) is 31.4 Å². The first-order chi connectivity index (χ1) is 8.97. The van der Waals surface area contributed by atoms with Crippen molar-refractivity contribution in [3.8, 4) is 0 Å². The molecule has 1 aromatic rings. The van der Waals surface area contributed by atoms with Crippen molar-refractivity contribution in [3.63, 3.8) is 0 Å². The second-order valence-electron chi connectivity index (χ2n) is 5.91. The van der Waals surface area contributed by atoms with Crippen molar-refractivity contribution in [2.75, 3.05) is 38.6 Å². The second kappa shape index (κ2) is 5.77. The van der Waals surface area contributed by atoms with Gasteiger partial charge in [0.15, 0.2) is 5.13 Å². The molecule has 108 valence electrons. The highest BCUT2D eigenvalue weighted by atomic mass is 32.1. The molecule has 1 fully saturated rings. The van der Waals surface area contributed by atoms with Crippen LogP contribution in [0.5, 0.6) is 0 Å². The summed E-state index contributed by atoms with van der Waals surface area (Å²) in [5, 5.41) is 4.44. The van der Waals surface area contributed by atoms with Crippen LogP contribution in [-0.4, -0.2) is 49.2 Å². The summed E-state index contributed by atoms with van der Waals surface area (Å²) in [7, 11) is 4.21. The van der Waals surface area contributed by atoms with Gasteiger partial charge in [0, 0.05) is 36.6 Å². The van der Waals surface area contributed by atoms with Crippen molar-refractivity contribution >= 4 is 16.5 Å². The lowest BCUT2D eigenvalue weighted by atomic mass is 10.0. The molecule has 0 unspecified atom stereocenters. The number of aromatic nitrogens is 1. The predicted octanol–water partition coefficient (Wildman–Crippen LogP) is 1.96. The normalized spacial score (nSPS) is 19.9. The van der Waals surface area contributed by atoms with Crippen molar-refractivity contribution in [3.05, 3.63) is 10.6 Å². The van der Waals surface area contributed by atoms with Gasteiger partial charge in [-0.2, -0.15) is 0 Å². The van der Waals surface area contributed by atoms with Gasteiger partial charge in [0.1, 0.15) is 0 Å². The molecule has 0 bridgehead atoms. The molecule has 1 aliphatic rings. The van der Waals surface area contributed by atoms with Crippen LogP contribution in [0.15, 0.2) is 0 Å². The summed E-state index contributed by atoms with van der Waals surface area (Å²) in [6, 6.07) is 0. The Morgan fingerprint density at radius 2 is 2.11 bits per heavy atom. The van der Waals surface area contributed by atoms with Gasteiger partial charge in [-0.25, -0.2) is 4.98 Å². The van der Waals surface area contributed by atoms with E-state index in [1.807, 2.05) is 18.4 Å². The number of nitrogens with zero attached hydrogens (tertiary/aromatic N) is 3. The van der Waals surface area contributed by atoms with E-state index in [9.17, 15) is 0 Å². The lowest BCUT2D eigenvalue weighted by molar-refractivity contribution is 0.139. The zero-order chi connectivity index (χ0) is 14.0. The zero-order valence-corrected chi connectivity index (χ0v) is 13.6. The predicted molar refractivity (Wildman–Crippen MR) is 83.2 cm³/mol. The number of hydrogen-bond acceptors (Lipinski definition) is 5. The molecule has 2 heterocycles. The van der Waals surface area contributed by atoms with E-state index in [0.29, 0.717) is 0 Å². The van der Waals surface area contributed by atoms with Crippen LogP contribution in [0.25, 0.3) is 0 Å². The molecule has 0 radical (unpaired) electrons. The van der Waals surface area contributed by atoms with Gasteiger partial charge < -0.3 is 10.2 Å². The minimum Gasteiger partial charge on any atom is -0.345 e. The number of rotatable bonds is 4. The summed E-state index contributed by atoms with van der Waals surface area (Å²) >= 11 is 1.85. The van der Waals surface area contributed by atoms with Gasteiger partial charge in [0.2, 0.25) is 0 Å². The summed E-state index contributed by atoms with van der Waals surface area (Å²) in [5.74, 6) is 0. The molecule has 1 aliphatic heterocycles. The SMILES string of the molecule is CCc1nc(N2CCN(C)C(C)(C)C2)sc1CNC. The Balaban J connectivity index is 2.18. The average Bonchev–Trinajstić information content (AvgIpc) is 2.76. The molecule has 5 heteroatoms. The molecule has 0 amide bonds. The summed E-state index contributed by atoms with van der Waals surface area (Å²) in [6.07, 6.45) is 1.02. The molecule has 0 aromatic carbocycles. The van der Waals surface area contributed by atoms with Gasteiger partial charge in [0.25, 0.3) is 0 Å². The number of likely N-dealkylation sites (N-methyl/N-ethyl adjacent to an activating group) is 1. The van der Waals surface area contributed by atoms with E-state index in [4.69, 9.17) is 4.98 Å². The van der Waals surface area contributed by atoms with Crippen LogP contribution in [0.2, 0.25) is 0 Å². The van der Waals surface area contributed by atoms with Crippen molar-refractivity contribution in [2.24, 2.45) is 0 Å². The number of anilines is 1.